The molecule has 0 aromatic carbocycles. The summed E-state index contributed by atoms with van der Waals surface area (Å²) in [5, 5.41) is 10.2. The van der Waals surface area contributed by atoms with Crippen LogP contribution in [0.1, 0.15) is 27.9 Å². The molecule has 2 rings (SSSR count). The van der Waals surface area contributed by atoms with Crippen LogP contribution in [-0.2, 0) is 11.8 Å². The second-order valence-corrected chi connectivity index (χ2v) is 6.16. The summed E-state index contributed by atoms with van der Waals surface area (Å²) < 4.78 is 37.6. The number of hydrogen-bond donors (Lipinski definition) is 1. The molecule has 0 radical (unpaired) electrons. The minimum absolute atomic E-state index is 0.147. The van der Waals surface area contributed by atoms with E-state index in [0.717, 1.165) is 17.0 Å². The summed E-state index contributed by atoms with van der Waals surface area (Å²) in [7, 11) is 0. The van der Waals surface area contributed by atoms with Crippen molar-refractivity contribution in [3.8, 4) is 0 Å². The monoisotopic (exact) mass is 321 g/mol. The van der Waals surface area contributed by atoms with Crippen LogP contribution in [-0.4, -0.2) is 10.1 Å². The molecule has 0 saturated heterocycles. The Morgan fingerprint density at radius 1 is 1.20 bits per heavy atom. The molecule has 1 N–H and O–H groups in total. The van der Waals surface area contributed by atoms with Gasteiger partial charge in [-0.2, -0.15) is 13.2 Å². The van der Waals surface area contributed by atoms with Crippen molar-refractivity contribution in [3.05, 3.63) is 50.4 Å². The van der Waals surface area contributed by atoms with E-state index in [9.17, 15) is 18.3 Å². The van der Waals surface area contributed by atoms with Gasteiger partial charge in [0.05, 0.1) is 0 Å². The second kappa shape index (κ2) is 5.02. The van der Waals surface area contributed by atoms with E-state index < -0.39 is 17.5 Å². The van der Waals surface area contributed by atoms with Crippen LogP contribution >= 0.6 is 22.9 Å². The number of thiophene rings is 1. The number of rotatable bonds is 2. The number of aromatic nitrogens is 1. The minimum Gasteiger partial charge on any atom is -0.380 e. The molecule has 20 heavy (non-hydrogen) atoms. The number of pyridine rings is 1. The molecule has 0 spiro atoms. The third kappa shape index (κ3) is 2.82. The summed E-state index contributed by atoms with van der Waals surface area (Å²) in [6.45, 7) is 3.35. The normalized spacial score (nSPS) is 15.2. The molecule has 7 heteroatoms. The minimum atomic E-state index is -4.56. The van der Waals surface area contributed by atoms with E-state index in [2.05, 4.69) is 4.98 Å². The van der Waals surface area contributed by atoms with Gasteiger partial charge in [0.1, 0.15) is 16.4 Å². The first-order valence-corrected chi connectivity index (χ1v) is 6.85. The number of aliphatic hydroxyl groups is 1. The van der Waals surface area contributed by atoms with Gasteiger partial charge in [0, 0.05) is 15.3 Å². The summed E-state index contributed by atoms with van der Waals surface area (Å²) >= 11 is 7.16. The quantitative estimate of drug-likeness (QED) is 0.833. The molecule has 2 aromatic rings. The molecule has 0 aliphatic heterocycles. The number of alkyl halides is 3. The average molecular weight is 322 g/mol. The lowest BCUT2D eigenvalue weighted by Gasteiger charge is -2.23. The van der Waals surface area contributed by atoms with E-state index >= 15 is 0 Å². The fourth-order valence-corrected chi connectivity index (χ4v) is 3.05. The van der Waals surface area contributed by atoms with Gasteiger partial charge in [0.2, 0.25) is 0 Å². The van der Waals surface area contributed by atoms with Crippen molar-refractivity contribution in [3.63, 3.8) is 0 Å². The molecule has 0 saturated carbocycles. The van der Waals surface area contributed by atoms with E-state index in [1.165, 1.54) is 18.3 Å². The molecule has 2 aromatic heterocycles. The van der Waals surface area contributed by atoms with Crippen LogP contribution in [0.5, 0.6) is 0 Å². The van der Waals surface area contributed by atoms with Gasteiger partial charge in [0.15, 0.2) is 0 Å². The van der Waals surface area contributed by atoms with Gasteiger partial charge in [-0.1, -0.05) is 17.7 Å². The van der Waals surface area contributed by atoms with E-state index in [4.69, 9.17) is 11.6 Å². The van der Waals surface area contributed by atoms with Gasteiger partial charge in [-0.25, -0.2) is 4.98 Å². The number of nitrogens with zero attached hydrogens (tertiary/aromatic N) is 1. The van der Waals surface area contributed by atoms with Crippen molar-refractivity contribution in [2.45, 2.75) is 25.6 Å². The standard InChI is InChI=1S/C13H11ClF3NOS/c1-7-3-6-10(20-7)12(2,19)8-4-5-9(13(15,16)17)18-11(8)14/h3-6,19H,1-2H3. The maximum absolute atomic E-state index is 12.5. The zero-order chi connectivity index (χ0) is 15.1. The number of halogens is 4. The van der Waals surface area contributed by atoms with Gasteiger partial charge in [0.25, 0.3) is 0 Å². The van der Waals surface area contributed by atoms with Gasteiger partial charge in [-0.05, 0) is 32.0 Å². The second-order valence-electron chi connectivity index (χ2n) is 4.52. The summed E-state index contributed by atoms with van der Waals surface area (Å²) in [4.78, 5) is 4.91. The van der Waals surface area contributed by atoms with Crippen LogP contribution in [0.25, 0.3) is 0 Å². The van der Waals surface area contributed by atoms with E-state index in [1.807, 2.05) is 13.0 Å². The lowest BCUT2D eigenvalue weighted by molar-refractivity contribution is -0.141. The highest BCUT2D eigenvalue weighted by atomic mass is 35.5. The average Bonchev–Trinajstić information content (AvgIpc) is 2.75. The molecular weight excluding hydrogens is 311 g/mol. The largest absolute Gasteiger partial charge is 0.433 e. The van der Waals surface area contributed by atoms with E-state index in [-0.39, 0.29) is 10.7 Å². The van der Waals surface area contributed by atoms with Crippen molar-refractivity contribution in [2.75, 3.05) is 0 Å². The van der Waals surface area contributed by atoms with E-state index in [0.29, 0.717) is 4.88 Å². The summed E-state index contributed by atoms with van der Waals surface area (Å²) in [5.74, 6) is 0. The molecule has 0 aliphatic rings. The lowest BCUT2D eigenvalue weighted by Crippen LogP contribution is -2.23. The Morgan fingerprint density at radius 3 is 2.30 bits per heavy atom. The predicted molar refractivity (Wildman–Crippen MR) is 72.0 cm³/mol. The highest BCUT2D eigenvalue weighted by Crippen LogP contribution is 2.38. The van der Waals surface area contributed by atoms with Gasteiger partial charge in [-0.15, -0.1) is 11.3 Å². The zero-order valence-corrected chi connectivity index (χ0v) is 12.2. The maximum atomic E-state index is 12.5. The van der Waals surface area contributed by atoms with Crippen LogP contribution in [0.15, 0.2) is 24.3 Å². The molecule has 108 valence electrons. The molecule has 0 bridgehead atoms. The zero-order valence-electron chi connectivity index (χ0n) is 10.6. The summed E-state index contributed by atoms with van der Waals surface area (Å²) in [6.07, 6.45) is -4.56. The molecular formula is C13H11ClF3NOS. The highest BCUT2D eigenvalue weighted by molar-refractivity contribution is 7.12. The third-order valence-corrected chi connectivity index (χ3v) is 4.38. The van der Waals surface area contributed by atoms with Crippen molar-refractivity contribution in [1.29, 1.82) is 0 Å². The highest BCUT2D eigenvalue weighted by Gasteiger charge is 2.36. The fourth-order valence-electron chi connectivity index (χ4n) is 1.78. The molecule has 0 fully saturated rings. The molecule has 1 atom stereocenters. The Kier molecular flexibility index (Phi) is 3.83. The van der Waals surface area contributed by atoms with Crippen LogP contribution in [0.4, 0.5) is 13.2 Å². The topological polar surface area (TPSA) is 33.1 Å². The molecule has 0 aliphatic carbocycles. The van der Waals surface area contributed by atoms with Crippen molar-refractivity contribution in [2.24, 2.45) is 0 Å². The SMILES string of the molecule is Cc1ccc(C(C)(O)c2ccc(C(F)(F)F)nc2Cl)s1. The van der Waals surface area contributed by atoms with Gasteiger partial charge >= 0.3 is 6.18 Å². The molecule has 2 nitrogen and oxygen atoms in total. The summed E-state index contributed by atoms with van der Waals surface area (Å²) in [6, 6.07) is 5.51. The molecule has 2 heterocycles. The van der Waals surface area contributed by atoms with Crippen LogP contribution in [0.2, 0.25) is 5.15 Å². The van der Waals surface area contributed by atoms with Crippen LogP contribution in [0, 0.1) is 6.92 Å². The van der Waals surface area contributed by atoms with Gasteiger partial charge < -0.3 is 5.11 Å². The lowest BCUT2D eigenvalue weighted by atomic mass is 9.95. The Labute approximate surface area is 122 Å². The summed E-state index contributed by atoms with van der Waals surface area (Å²) in [5.41, 5.74) is -2.41. The molecule has 1 unspecified atom stereocenters. The number of aryl methyl sites for hydroxylation is 1. The molecule has 0 amide bonds. The fraction of sp³-hybridized carbons (Fsp3) is 0.308. The third-order valence-electron chi connectivity index (χ3n) is 2.88. The van der Waals surface area contributed by atoms with Crippen molar-refractivity contribution < 1.29 is 18.3 Å². The van der Waals surface area contributed by atoms with Crippen LogP contribution < -0.4 is 0 Å². The van der Waals surface area contributed by atoms with Crippen molar-refractivity contribution >= 4 is 22.9 Å². The first kappa shape index (κ1) is 15.3. The van der Waals surface area contributed by atoms with Crippen LogP contribution in [0.3, 0.4) is 0 Å². The maximum Gasteiger partial charge on any atom is 0.433 e. The Bertz CT molecular complexity index is 637. The first-order chi connectivity index (χ1) is 9.12. The first-order valence-electron chi connectivity index (χ1n) is 5.66. The Hall–Kier alpha value is -1.11. The van der Waals surface area contributed by atoms with Crippen molar-refractivity contribution in [1.82, 2.24) is 4.98 Å². The van der Waals surface area contributed by atoms with Gasteiger partial charge in [-0.3, -0.25) is 0 Å². The Balaban J connectivity index is 2.48. The number of hydrogen-bond acceptors (Lipinski definition) is 3. The Morgan fingerprint density at radius 2 is 1.85 bits per heavy atom. The van der Waals surface area contributed by atoms with E-state index in [1.54, 1.807) is 6.07 Å². The smallest absolute Gasteiger partial charge is 0.380 e. The predicted octanol–water partition coefficient (Wildman–Crippen LogP) is 4.38.